The van der Waals surface area contributed by atoms with Gasteiger partial charge >= 0.3 is 6.18 Å². The summed E-state index contributed by atoms with van der Waals surface area (Å²) in [6.45, 7) is 0. The summed E-state index contributed by atoms with van der Waals surface area (Å²) in [4.78, 5) is 4.59. The van der Waals surface area contributed by atoms with Crippen molar-refractivity contribution in [3.63, 3.8) is 0 Å². The molecule has 0 aliphatic carbocycles. The number of hydrogen-bond donors (Lipinski definition) is 0. The minimum atomic E-state index is -4.55. The van der Waals surface area contributed by atoms with Gasteiger partial charge in [-0.2, -0.15) is 18.3 Å². The van der Waals surface area contributed by atoms with Gasteiger partial charge in [0.05, 0.1) is 44.5 Å². The average molecular weight is 514 g/mol. The second kappa shape index (κ2) is 10.7. The van der Waals surface area contributed by atoms with Crippen molar-refractivity contribution in [2.45, 2.75) is 6.18 Å². The van der Waals surface area contributed by atoms with Gasteiger partial charge in [0, 0.05) is 10.9 Å². The van der Waals surface area contributed by atoms with Crippen LogP contribution in [0, 0.1) is 0 Å². The highest BCUT2D eigenvalue weighted by molar-refractivity contribution is 7.07. The minimum Gasteiger partial charge on any atom is -0.497 e. The van der Waals surface area contributed by atoms with Crippen LogP contribution < -0.4 is 19.0 Å². The normalized spacial score (nSPS) is 12.2. The van der Waals surface area contributed by atoms with Gasteiger partial charge in [-0.15, -0.1) is 11.3 Å². The van der Waals surface area contributed by atoms with Crippen LogP contribution in [-0.4, -0.2) is 32.2 Å². The molecular formula is C26H22F3N3O3S. The molecule has 186 valence electrons. The fourth-order valence-corrected chi connectivity index (χ4v) is 4.29. The molecule has 0 aliphatic rings. The maximum absolute atomic E-state index is 13.6. The molecule has 4 aromatic rings. The standard InChI is InChI=1S/C26H22F3N3O3S/c1-33-18-8-6-7-17(13-18)15-30-32-23(20-14-19(34-2)11-12-24(20)35-3)16-36-25(32)31-22-10-5-4-9-21(22)26(27,28)29/h4-16H,1-3H3/b30-15+,31-25?. The van der Waals surface area contributed by atoms with Gasteiger partial charge in [0.25, 0.3) is 0 Å². The zero-order valence-corrected chi connectivity index (χ0v) is 20.4. The van der Waals surface area contributed by atoms with Crippen LogP contribution in [0.1, 0.15) is 11.1 Å². The second-order valence-corrected chi connectivity index (χ2v) is 8.27. The van der Waals surface area contributed by atoms with Crippen LogP contribution in [0.2, 0.25) is 0 Å². The number of nitrogens with zero attached hydrogens (tertiary/aromatic N) is 3. The molecule has 0 fully saturated rings. The zero-order valence-electron chi connectivity index (χ0n) is 19.6. The fourth-order valence-electron chi connectivity index (χ4n) is 3.45. The Bertz CT molecular complexity index is 1460. The molecule has 3 aromatic carbocycles. The van der Waals surface area contributed by atoms with E-state index in [9.17, 15) is 13.2 Å². The van der Waals surface area contributed by atoms with Crippen LogP contribution in [0.3, 0.4) is 0 Å². The molecule has 0 saturated heterocycles. The van der Waals surface area contributed by atoms with Gasteiger partial charge in [-0.05, 0) is 48.0 Å². The summed E-state index contributed by atoms with van der Waals surface area (Å²) >= 11 is 1.15. The number of thiazole rings is 1. The highest BCUT2D eigenvalue weighted by Crippen LogP contribution is 2.37. The van der Waals surface area contributed by atoms with Crippen molar-refractivity contribution in [1.29, 1.82) is 0 Å². The first-order valence-electron chi connectivity index (χ1n) is 10.7. The van der Waals surface area contributed by atoms with Gasteiger partial charge in [-0.3, -0.25) is 0 Å². The van der Waals surface area contributed by atoms with E-state index in [1.807, 2.05) is 12.1 Å². The Balaban J connectivity index is 1.94. The first-order chi connectivity index (χ1) is 17.3. The van der Waals surface area contributed by atoms with Gasteiger partial charge in [-0.25, -0.2) is 9.67 Å². The third kappa shape index (κ3) is 5.44. The quantitative estimate of drug-likeness (QED) is 0.270. The Morgan fingerprint density at radius 3 is 2.33 bits per heavy atom. The third-order valence-electron chi connectivity index (χ3n) is 5.21. The predicted octanol–water partition coefficient (Wildman–Crippen LogP) is 6.38. The zero-order chi connectivity index (χ0) is 25.7. The maximum atomic E-state index is 13.6. The SMILES string of the molecule is COc1cccc(/C=N/n2c(-c3cc(OC)ccc3OC)csc2=Nc2ccccc2C(F)(F)F)c1. The third-order valence-corrected chi connectivity index (χ3v) is 6.03. The summed E-state index contributed by atoms with van der Waals surface area (Å²) in [5, 5.41) is 6.34. The Morgan fingerprint density at radius 1 is 0.861 bits per heavy atom. The van der Waals surface area contributed by atoms with Crippen LogP contribution >= 0.6 is 11.3 Å². The fraction of sp³-hybridized carbons (Fsp3) is 0.154. The number of methoxy groups -OCH3 is 3. The molecule has 6 nitrogen and oxygen atoms in total. The molecule has 0 atom stereocenters. The van der Waals surface area contributed by atoms with E-state index >= 15 is 0 Å². The Labute approximate surface area is 209 Å². The first-order valence-corrected chi connectivity index (χ1v) is 11.5. The monoisotopic (exact) mass is 513 g/mol. The average Bonchev–Trinajstić information content (AvgIpc) is 3.28. The van der Waals surface area contributed by atoms with E-state index in [2.05, 4.69) is 10.1 Å². The summed E-state index contributed by atoms with van der Waals surface area (Å²) < 4.78 is 58.5. The molecule has 1 aromatic heterocycles. The number of para-hydroxylation sites is 1. The molecule has 0 unspecified atom stereocenters. The Morgan fingerprint density at radius 2 is 1.61 bits per heavy atom. The first kappa shape index (κ1) is 25.1. The molecule has 1 heterocycles. The number of hydrogen-bond acceptors (Lipinski definition) is 6. The molecule has 0 bridgehead atoms. The van der Waals surface area contributed by atoms with Gasteiger partial charge in [0.1, 0.15) is 17.2 Å². The number of halogens is 3. The van der Waals surface area contributed by atoms with Gasteiger partial charge in [0.2, 0.25) is 4.80 Å². The summed E-state index contributed by atoms with van der Waals surface area (Å²) in [5.74, 6) is 1.77. The lowest BCUT2D eigenvalue weighted by Gasteiger charge is -2.11. The van der Waals surface area contributed by atoms with E-state index in [-0.39, 0.29) is 10.5 Å². The minimum absolute atomic E-state index is 0.207. The van der Waals surface area contributed by atoms with E-state index < -0.39 is 11.7 Å². The summed E-state index contributed by atoms with van der Waals surface area (Å²) in [7, 11) is 4.64. The van der Waals surface area contributed by atoms with Gasteiger partial charge in [0.15, 0.2) is 0 Å². The van der Waals surface area contributed by atoms with Crippen molar-refractivity contribution < 1.29 is 27.4 Å². The highest BCUT2D eigenvalue weighted by Gasteiger charge is 2.33. The highest BCUT2D eigenvalue weighted by atomic mass is 32.1. The van der Waals surface area contributed by atoms with Crippen molar-refractivity contribution in [2.24, 2.45) is 10.1 Å². The summed E-state index contributed by atoms with van der Waals surface area (Å²) in [6.07, 6.45) is -2.97. The van der Waals surface area contributed by atoms with Crippen molar-refractivity contribution >= 4 is 23.2 Å². The molecule has 4 rings (SSSR count). The van der Waals surface area contributed by atoms with E-state index in [0.29, 0.717) is 28.5 Å². The number of rotatable bonds is 7. The molecule has 0 aliphatic heterocycles. The predicted molar refractivity (Wildman–Crippen MR) is 134 cm³/mol. The van der Waals surface area contributed by atoms with Gasteiger partial charge in [-0.1, -0.05) is 24.3 Å². The molecule has 0 amide bonds. The number of ether oxygens (including phenoxy) is 3. The largest absolute Gasteiger partial charge is 0.497 e. The van der Waals surface area contributed by atoms with Gasteiger partial charge < -0.3 is 14.2 Å². The number of benzene rings is 3. The lowest BCUT2D eigenvalue weighted by Crippen LogP contribution is -2.13. The van der Waals surface area contributed by atoms with Crippen molar-refractivity contribution in [3.8, 4) is 28.5 Å². The topological polar surface area (TPSA) is 57.3 Å². The van der Waals surface area contributed by atoms with Crippen molar-refractivity contribution in [2.75, 3.05) is 21.3 Å². The van der Waals surface area contributed by atoms with E-state index in [4.69, 9.17) is 14.2 Å². The lowest BCUT2D eigenvalue weighted by atomic mass is 10.1. The number of aromatic nitrogens is 1. The summed E-state index contributed by atoms with van der Waals surface area (Å²) in [5.41, 5.74) is 0.904. The smallest absolute Gasteiger partial charge is 0.418 e. The molecule has 36 heavy (non-hydrogen) atoms. The molecule has 0 saturated carbocycles. The summed E-state index contributed by atoms with van der Waals surface area (Å²) in [6, 6.07) is 17.7. The van der Waals surface area contributed by atoms with E-state index in [1.54, 1.807) is 56.1 Å². The Kier molecular flexibility index (Phi) is 7.44. The maximum Gasteiger partial charge on any atom is 0.418 e. The van der Waals surface area contributed by atoms with Crippen LogP contribution in [0.25, 0.3) is 11.3 Å². The van der Waals surface area contributed by atoms with Crippen LogP contribution in [-0.2, 0) is 6.18 Å². The van der Waals surface area contributed by atoms with Crippen LogP contribution in [0.5, 0.6) is 17.2 Å². The van der Waals surface area contributed by atoms with Crippen LogP contribution in [0.4, 0.5) is 18.9 Å². The molecule has 0 N–H and O–H groups in total. The second-order valence-electron chi connectivity index (χ2n) is 7.43. The van der Waals surface area contributed by atoms with Crippen LogP contribution in [0.15, 0.2) is 82.2 Å². The molecule has 10 heteroatoms. The number of alkyl halides is 3. The van der Waals surface area contributed by atoms with E-state index in [1.165, 1.54) is 30.0 Å². The molecule has 0 spiro atoms. The Hall–Kier alpha value is -4.05. The lowest BCUT2D eigenvalue weighted by molar-refractivity contribution is -0.137. The molecular weight excluding hydrogens is 491 g/mol. The van der Waals surface area contributed by atoms with E-state index in [0.717, 1.165) is 23.0 Å². The van der Waals surface area contributed by atoms with Crippen molar-refractivity contribution in [3.05, 3.63) is 88.0 Å². The van der Waals surface area contributed by atoms with Crippen molar-refractivity contribution in [1.82, 2.24) is 4.68 Å². The molecule has 0 radical (unpaired) electrons.